The highest BCUT2D eigenvalue weighted by atomic mass is 16.3. The van der Waals surface area contributed by atoms with Gasteiger partial charge >= 0.3 is 0 Å². The van der Waals surface area contributed by atoms with Gasteiger partial charge in [-0.1, -0.05) is 41.5 Å². The van der Waals surface area contributed by atoms with Gasteiger partial charge in [-0.2, -0.15) is 0 Å². The molecule has 0 aromatic heterocycles. The number of hydrogen-bond acceptors (Lipinski definition) is 1. The summed E-state index contributed by atoms with van der Waals surface area (Å²) in [7, 11) is 0. The first-order chi connectivity index (χ1) is 7.94. The van der Waals surface area contributed by atoms with Gasteiger partial charge in [0.15, 0.2) is 5.75 Å². The fourth-order valence-corrected chi connectivity index (χ4v) is 1.89. The summed E-state index contributed by atoms with van der Waals surface area (Å²) in [6.07, 6.45) is 0. The molecular weight excluding hydrogens is 226 g/mol. The van der Waals surface area contributed by atoms with Crippen molar-refractivity contribution in [2.24, 2.45) is 5.73 Å². The molecule has 1 aromatic carbocycles. The molecule has 99 valence electrons. The predicted molar refractivity (Wildman–Crippen MR) is 72.5 cm³/mol. The summed E-state index contributed by atoms with van der Waals surface area (Å²) in [4.78, 5) is 11.4. The van der Waals surface area contributed by atoms with Crippen LogP contribution >= 0.6 is 0 Å². The quantitative estimate of drug-likeness (QED) is 0.812. The molecule has 1 rings (SSSR count). The molecule has 0 bridgehead atoms. The number of primary amides is 1. The molecular formula is C15H22NO2. The second-order valence-corrected chi connectivity index (χ2v) is 6.76. The van der Waals surface area contributed by atoms with E-state index in [1.54, 1.807) is 12.1 Å². The molecule has 18 heavy (non-hydrogen) atoms. The number of nitrogens with two attached hydrogens (primary N) is 1. The van der Waals surface area contributed by atoms with E-state index < -0.39 is 5.91 Å². The van der Waals surface area contributed by atoms with E-state index in [9.17, 15) is 9.90 Å². The third-order valence-electron chi connectivity index (χ3n) is 2.99. The molecule has 1 amide bonds. The fourth-order valence-electron chi connectivity index (χ4n) is 1.89. The summed E-state index contributed by atoms with van der Waals surface area (Å²) in [5, 5.41) is 12.5. The van der Waals surface area contributed by atoms with E-state index in [4.69, 9.17) is 5.73 Å². The molecule has 0 saturated carbocycles. The minimum absolute atomic E-state index is 0.0139. The minimum atomic E-state index is -0.494. The van der Waals surface area contributed by atoms with Crippen molar-refractivity contribution < 1.29 is 9.90 Å². The number of hydrogen-bond donors (Lipinski definition) is 1. The van der Waals surface area contributed by atoms with Crippen molar-refractivity contribution in [2.45, 2.75) is 52.4 Å². The van der Waals surface area contributed by atoms with Crippen molar-refractivity contribution in [1.29, 1.82) is 0 Å². The van der Waals surface area contributed by atoms with Crippen LogP contribution in [-0.4, -0.2) is 5.91 Å². The van der Waals surface area contributed by atoms with Gasteiger partial charge in [-0.25, -0.2) is 0 Å². The van der Waals surface area contributed by atoms with E-state index in [-0.39, 0.29) is 16.6 Å². The molecule has 0 aliphatic heterocycles. The van der Waals surface area contributed by atoms with Gasteiger partial charge in [-0.15, -0.1) is 0 Å². The molecule has 0 aliphatic rings. The van der Waals surface area contributed by atoms with Crippen molar-refractivity contribution in [3.63, 3.8) is 0 Å². The van der Waals surface area contributed by atoms with Gasteiger partial charge in [-0.3, -0.25) is 9.90 Å². The Kier molecular flexibility index (Phi) is 3.48. The molecule has 3 heteroatoms. The first kappa shape index (κ1) is 14.6. The van der Waals surface area contributed by atoms with Crippen LogP contribution in [0.5, 0.6) is 5.75 Å². The smallest absolute Gasteiger partial charge is 0.248 e. The summed E-state index contributed by atoms with van der Waals surface area (Å²) < 4.78 is 0. The average Bonchev–Trinajstić information content (AvgIpc) is 2.13. The van der Waals surface area contributed by atoms with Crippen molar-refractivity contribution in [2.75, 3.05) is 0 Å². The summed E-state index contributed by atoms with van der Waals surface area (Å²) in [6.45, 7) is 11.8. The monoisotopic (exact) mass is 248 g/mol. The lowest BCUT2D eigenvalue weighted by atomic mass is 9.78. The molecule has 1 aromatic rings. The van der Waals surface area contributed by atoms with E-state index >= 15 is 0 Å². The third-order valence-corrected chi connectivity index (χ3v) is 2.99. The molecule has 0 spiro atoms. The Morgan fingerprint density at radius 1 is 0.944 bits per heavy atom. The van der Waals surface area contributed by atoms with Crippen LogP contribution in [0.25, 0.3) is 0 Å². The maximum atomic E-state index is 12.5. The van der Waals surface area contributed by atoms with E-state index in [1.165, 1.54) is 0 Å². The van der Waals surface area contributed by atoms with Gasteiger partial charge < -0.3 is 5.73 Å². The van der Waals surface area contributed by atoms with E-state index in [1.807, 2.05) is 41.5 Å². The zero-order valence-electron chi connectivity index (χ0n) is 12.0. The van der Waals surface area contributed by atoms with Crippen LogP contribution in [0.2, 0.25) is 0 Å². The molecule has 0 aliphatic carbocycles. The SMILES string of the molecule is CC(C)(C)c1cc(C(N)=O)cc(C(C)(C)C)c1[O]. The van der Waals surface area contributed by atoms with Crippen LogP contribution in [0.1, 0.15) is 63.0 Å². The van der Waals surface area contributed by atoms with Gasteiger partial charge in [0.05, 0.1) is 0 Å². The minimum Gasteiger partial charge on any atom is -0.366 e. The lowest BCUT2D eigenvalue weighted by Gasteiger charge is -2.26. The van der Waals surface area contributed by atoms with E-state index in [2.05, 4.69) is 0 Å². The lowest BCUT2D eigenvalue weighted by molar-refractivity contribution is 0.1000. The number of carbonyl (C=O) groups is 1. The van der Waals surface area contributed by atoms with Gasteiger partial charge in [0, 0.05) is 16.7 Å². The summed E-state index contributed by atoms with van der Waals surface area (Å²) >= 11 is 0. The van der Waals surface area contributed by atoms with Crippen molar-refractivity contribution in [3.05, 3.63) is 28.8 Å². The average molecular weight is 248 g/mol. The predicted octanol–water partition coefficient (Wildman–Crippen LogP) is 3.52. The molecule has 3 nitrogen and oxygen atoms in total. The maximum Gasteiger partial charge on any atom is 0.248 e. The van der Waals surface area contributed by atoms with Gasteiger partial charge in [0.25, 0.3) is 0 Å². The molecule has 0 saturated heterocycles. The van der Waals surface area contributed by atoms with Gasteiger partial charge in [0.1, 0.15) is 0 Å². The summed E-state index contributed by atoms with van der Waals surface area (Å²) in [6, 6.07) is 3.25. The first-order valence-corrected chi connectivity index (χ1v) is 6.10. The molecule has 0 heterocycles. The maximum absolute atomic E-state index is 12.5. The highest BCUT2D eigenvalue weighted by Crippen LogP contribution is 2.40. The van der Waals surface area contributed by atoms with Crippen molar-refractivity contribution >= 4 is 5.91 Å². The van der Waals surface area contributed by atoms with Crippen molar-refractivity contribution in [1.82, 2.24) is 0 Å². The van der Waals surface area contributed by atoms with Gasteiger partial charge in [-0.05, 0) is 23.0 Å². The summed E-state index contributed by atoms with van der Waals surface area (Å²) in [5.41, 5.74) is 6.43. The van der Waals surface area contributed by atoms with Gasteiger partial charge in [0.2, 0.25) is 5.91 Å². The third kappa shape index (κ3) is 2.84. The number of benzene rings is 1. The second-order valence-electron chi connectivity index (χ2n) is 6.76. The van der Waals surface area contributed by atoms with Crippen LogP contribution in [0.3, 0.4) is 0 Å². The normalized spacial score (nSPS) is 12.6. The second kappa shape index (κ2) is 4.30. The lowest BCUT2D eigenvalue weighted by Crippen LogP contribution is -2.20. The molecule has 0 fully saturated rings. The Bertz CT molecular complexity index is 441. The topological polar surface area (TPSA) is 63.0 Å². The Morgan fingerprint density at radius 3 is 1.50 bits per heavy atom. The molecule has 2 N–H and O–H groups in total. The first-order valence-electron chi connectivity index (χ1n) is 6.10. The number of carbonyl (C=O) groups excluding carboxylic acids is 1. The zero-order chi connectivity index (χ0) is 14.3. The Morgan fingerprint density at radius 2 is 1.28 bits per heavy atom. The molecule has 0 atom stereocenters. The van der Waals surface area contributed by atoms with Crippen molar-refractivity contribution in [3.8, 4) is 5.75 Å². The van der Waals surface area contributed by atoms with Crippen LogP contribution in [0.15, 0.2) is 12.1 Å². The number of amides is 1. The highest BCUT2D eigenvalue weighted by Gasteiger charge is 2.28. The van der Waals surface area contributed by atoms with Crippen LogP contribution in [0, 0.1) is 0 Å². The molecule has 0 unspecified atom stereocenters. The van der Waals surface area contributed by atoms with Crippen LogP contribution in [-0.2, 0) is 15.9 Å². The zero-order valence-corrected chi connectivity index (χ0v) is 12.0. The fraction of sp³-hybridized carbons (Fsp3) is 0.533. The Labute approximate surface area is 109 Å². The van der Waals surface area contributed by atoms with E-state index in [0.717, 1.165) is 0 Å². The van der Waals surface area contributed by atoms with Crippen LogP contribution < -0.4 is 5.73 Å². The Hall–Kier alpha value is -1.51. The largest absolute Gasteiger partial charge is 0.366 e. The number of rotatable bonds is 1. The summed E-state index contributed by atoms with van der Waals surface area (Å²) in [5.74, 6) is -0.481. The van der Waals surface area contributed by atoms with Crippen LogP contribution in [0.4, 0.5) is 0 Å². The van der Waals surface area contributed by atoms with E-state index in [0.29, 0.717) is 16.7 Å². The molecule has 1 radical (unpaired) electrons. The standard InChI is InChI=1S/C15H22NO2/c1-14(2,3)10-7-9(13(16)18)8-11(12(10)17)15(4,5)6/h7-8H,1-6H3,(H2,16,18). The Balaban J connectivity index is 3.64. The highest BCUT2D eigenvalue weighted by molar-refractivity contribution is 5.93.